The van der Waals surface area contributed by atoms with E-state index in [9.17, 15) is 13.2 Å². The molecule has 0 radical (unpaired) electrons. The molecule has 1 aliphatic carbocycles. The molecule has 1 aromatic rings. The molecular formula is C19H29N3O3S. The van der Waals surface area contributed by atoms with Crippen LogP contribution in [0.15, 0.2) is 29.2 Å². The number of nitrogens with zero attached hydrogens (tertiary/aromatic N) is 1. The van der Waals surface area contributed by atoms with Crippen LogP contribution in [0.5, 0.6) is 0 Å². The van der Waals surface area contributed by atoms with Gasteiger partial charge in [-0.05, 0) is 50.1 Å². The highest BCUT2D eigenvalue weighted by Gasteiger charge is 2.30. The molecule has 7 heteroatoms. The molecule has 144 valence electrons. The first-order chi connectivity index (χ1) is 12.6. The average Bonchev–Trinajstić information content (AvgIpc) is 3.22. The number of benzene rings is 1. The van der Waals surface area contributed by atoms with Gasteiger partial charge in [0, 0.05) is 38.3 Å². The zero-order valence-corrected chi connectivity index (χ0v) is 16.1. The van der Waals surface area contributed by atoms with E-state index in [4.69, 9.17) is 0 Å². The van der Waals surface area contributed by atoms with E-state index in [1.165, 1.54) is 0 Å². The molecule has 1 aliphatic heterocycles. The van der Waals surface area contributed by atoms with E-state index in [1.807, 2.05) is 0 Å². The molecule has 1 aromatic carbocycles. The summed E-state index contributed by atoms with van der Waals surface area (Å²) >= 11 is 0. The van der Waals surface area contributed by atoms with Crippen LogP contribution in [0.3, 0.4) is 0 Å². The standard InChI is InChI=1S/C19H29N3O3S/c23-19(21-10-3-13-22-14-11-20-12-15-22)16-6-8-18(9-7-16)26(24,25)17-4-1-2-5-17/h6-9,17,20H,1-5,10-15H2,(H,21,23). The maximum atomic E-state index is 12.6. The third-order valence-electron chi connectivity index (χ3n) is 5.33. The molecule has 2 aliphatic rings. The minimum Gasteiger partial charge on any atom is -0.352 e. The lowest BCUT2D eigenvalue weighted by Gasteiger charge is -2.27. The van der Waals surface area contributed by atoms with E-state index >= 15 is 0 Å². The van der Waals surface area contributed by atoms with Crippen molar-refractivity contribution in [3.63, 3.8) is 0 Å². The summed E-state index contributed by atoms with van der Waals surface area (Å²) in [7, 11) is -3.26. The van der Waals surface area contributed by atoms with Crippen LogP contribution in [-0.2, 0) is 9.84 Å². The first kappa shape index (κ1) is 19.3. The molecule has 0 unspecified atom stereocenters. The van der Waals surface area contributed by atoms with Crippen molar-refractivity contribution in [2.45, 2.75) is 42.2 Å². The fraction of sp³-hybridized carbons (Fsp3) is 0.632. The van der Waals surface area contributed by atoms with Crippen LogP contribution in [0.1, 0.15) is 42.5 Å². The molecule has 0 bridgehead atoms. The third-order valence-corrected chi connectivity index (χ3v) is 7.61. The zero-order valence-electron chi connectivity index (χ0n) is 15.2. The Bertz CT molecular complexity index is 691. The number of hydrogen-bond donors (Lipinski definition) is 2. The normalized spacial score (nSPS) is 19.5. The van der Waals surface area contributed by atoms with Crippen LogP contribution in [0.4, 0.5) is 0 Å². The van der Waals surface area contributed by atoms with Crippen molar-refractivity contribution in [2.75, 3.05) is 39.3 Å². The van der Waals surface area contributed by atoms with Crippen molar-refractivity contribution in [3.8, 4) is 0 Å². The molecule has 0 atom stereocenters. The Morgan fingerprint density at radius 1 is 1.12 bits per heavy atom. The molecule has 2 fully saturated rings. The predicted octanol–water partition coefficient (Wildman–Crippen LogP) is 1.43. The Morgan fingerprint density at radius 2 is 1.77 bits per heavy atom. The lowest BCUT2D eigenvalue weighted by Crippen LogP contribution is -2.44. The van der Waals surface area contributed by atoms with Gasteiger partial charge in [0.05, 0.1) is 10.1 Å². The summed E-state index contributed by atoms with van der Waals surface area (Å²) in [5.74, 6) is -0.143. The second kappa shape index (κ2) is 8.97. The second-order valence-corrected chi connectivity index (χ2v) is 9.41. The van der Waals surface area contributed by atoms with Gasteiger partial charge in [0.2, 0.25) is 0 Å². The van der Waals surface area contributed by atoms with Crippen molar-refractivity contribution in [3.05, 3.63) is 29.8 Å². The maximum absolute atomic E-state index is 12.6. The van der Waals surface area contributed by atoms with Gasteiger partial charge in [-0.3, -0.25) is 4.79 Å². The highest BCUT2D eigenvalue weighted by Crippen LogP contribution is 2.29. The number of nitrogens with one attached hydrogen (secondary N) is 2. The first-order valence-corrected chi connectivity index (χ1v) is 11.2. The average molecular weight is 380 g/mol. The van der Waals surface area contributed by atoms with E-state index < -0.39 is 9.84 Å². The SMILES string of the molecule is O=C(NCCCN1CCNCC1)c1ccc(S(=O)(=O)C2CCCC2)cc1. The van der Waals surface area contributed by atoms with Crippen molar-refractivity contribution in [2.24, 2.45) is 0 Å². The molecule has 1 amide bonds. The molecule has 1 saturated carbocycles. The number of hydrogen-bond acceptors (Lipinski definition) is 5. The van der Waals surface area contributed by atoms with Crippen molar-refractivity contribution in [1.82, 2.24) is 15.5 Å². The topological polar surface area (TPSA) is 78.5 Å². The van der Waals surface area contributed by atoms with Crippen LogP contribution in [0.2, 0.25) is 0 Å². The fourth-order valence-corrected chi connectivity index (χ4v) is 5.58. The van der Waals surface area contributed by atoms with E-state index in [-0.39, 0.29) is 11.2 Å². The molecule has 1 saturated heterocycles. The van der Waals surface area contributed by atoms with E-state index in [0.717, 1.165) is 64.8 Å². The van der Waals surface area contributed by atoms with E-state index in [0.29, 0.717) is 17.0 Å². The summed E-state index contributed by atoms with van der Waals surface area (Å²) in [6.45, 7) is 5.80. The second-order valence-electron chi connectivity index (χ2n) is 7.18. The number of amides is 1. The van der Waals surface area contributed by atoms with Gasteiger partial charge in [0.25, 0.3) is 5.91 Å². The molecule has 0 spiro atoms. The molecule has 0 aromatic heterocycles. The zero-order chi connectivity index (χ0) is 18.4. The van der Waals surface area contributed by atoms with E-state index in [2.05, 4.69) is 15.5 Å². The fourth-order valence-electron chi connectivity index (χ4n) is 3.73. The van der Waals surface area contributed by atoms with Gasteiger partial charge in [-0.15, -0.1) is 0 Å². The lowest BCUT2D eigenvalue weighted by molar-refractivity contribution is 0.0951. The monoisotopic (exact) mass is 379 g/mol. The third kappa shape index (κ3) is 4.84. The number of sulfone groups is 1. The van der Waals surface area contributed by atoms with Crippen LogP contribution in [0.25, 0.3) is 0 Å². The minimum atomic E-state index is -3.26. The van der Waals surface area contributed by atoms with Crippen molar-refractivity contribution >= 4 is 15.7 Å². The van der Waals surface area contributed by atoms with Gasteiger partial charge in [-0.2, -0.15) is 0 Å². The van der Waals surface area contributed by atoms with E-state index in [1.54, 1.807) is 24.3 Å². The molecule has 1 heterocycles. The molecule has 3 rings (SSSR count). The van der Waals surface area contributed by atoms with Gasteiger partial charge in [-0.25, -0.2) is 8.42 Å². The van der Waals surface area contributed by atoms with Gasteiger partial charge in [0.1, 0.15) is 0 Å². The molecule has 6 nitrogen and oxygen atoms in total. The highest BCUT2D eigenvalue weighted by atomic mass is 32.2. The Labute approximate surface area is 156 Å². The van der Waals surface area contributed by atoms with Gasteiger partial charge < -0.3 is 15.5 Å². The molecular weight excluding hydrogens is 350 g/mol. The number of carbonyl (C=O) groups excluding carboxylic acids is 1. The summed E-state index contributed by atoms with van der Waals surface area (Å²) in [6, 6.07) is 6.38. The number of carbonyl (C=O) groups is 1. The van der Waals surface area contributed by atoms with Crippen molar-refractivity contribution < 1.29 is 13.2 Å². The Balaban J connectivity index is 1.47. The summed E-state index contributed by atoms with van der Waals surface area (Å²) in [5, 5.41) is 5.99. The number of piperazine rings is 1. The van der Waals surface area contributed by atoms with Gasteiger partial charge in [0.15, 0.2) is 9.84 Å². The highest BCUT2D eigenvalue weighted by molar-refractivity contribution is 7.92. The largest absolute Gasteiger partial charge is 0.352 e. The Morgan fingerprint density at radius 3 is 2.42 bits per heavy atom. The quantitative estimate of drug-likeness (QED) is 0.701. The Kier molecular flexibility index (Phi) is 6.67. The maximum Gasteiger partial charge on any atom is 0.251 e. The smallest absolute Gasteiger partial charge is 0.251 e. The summed E-state index contributed by atoms with van der Waals surface area (Å²) < 4.78 is 25.1. The summed E-state index contributed by atoms with van der Waals surface area (Å²) in [4.78, 5) is 15.0. The summed E-state index contributed by atoms with van der Waals surface area (Å²) in [6.07, 6.45) is 4.38. The van der Waals surface area contributed by atoms with Gasteiger partial charge >= 0.3 is 0 Å². The van der Waals surface area contributed by atoms with Crippen molar-refractivity contribution in [1.29, 1.82) is 0 Å². The lowest BCUT2D eigenvalue weighted by atomic mass is 10.2. The Hall–Kier alpha value is -1.44. The van der Waals surface area contributed by atoms with Crippen LogP contribution < -0.4 is 10.6 Å². The number of rotatable bonds is 7. The predicted molar refractivity (Wildman–Crippen MR) is 102 cm³/mol. The molecule has 2 N–H and O–H groups in total. The minimum absolute atomic E-state index is 0.143. The molecule has 26 heavy (non-hydrogen) atoms. The van der Waals surface area contributed by atoms with Crippen LogP contribution in [0, 0.1) is 0 Å². The van der Waals surface area contributed by atoms with Crippen LogP contribution in [-0.4, -0.2) is 63.7 Å². The van der Waals surface area contributed by atoms with Crippen LogP contribution >= 0.6 is 0 Å². The summed E-state index contributed by atoms with van der Waals surface area (Å²) in [5.41, 5.74) is 0.512. The first-order valence-electron chi connectivity index (χ1n) is 9.62. The van der Waals surface area contributed by atoms with Gasteiger partial charge in [-0.1, -0.05) is 12.8 Å².